The first-order chi connectivity index (χ1) is 16.0. The molecule has 4 rings (SSSR count). The summed E-state index contributed by atoms with van der Waals surface area (Å²) in [4.78, 5) is 65.1. The lowest BCUT2D eigenvalue weighted by molar-refractivity contribution is -0.143. The maximum atomic E-state index is 13.3. The molecule has 178 valence electrons. The summed E-state index contributed by atoms with van der Waals surface area (Å²) < 4.78 is 1.69. The number of carbonyl (C=O) groups is 5. The smallest absolute Gasteiger partial charge is 0.332 e. The summed E-state index contributed by atoms with van der Waals surface area (Å²) >= 11 is 12.4. The first-order valence-corrected chi connectivity index (χ1v) is 11.3. The van der Waals surface area contributed by atoms with Crippen molar-refractivity contribution in [2.45, 2.75) is 38.1 Å². The van der Waals surface area contributed by atoms with Gasteiger partial charge in [0, 0.05) is 49.4 Å². The van der Waals surface area contributed by atoms with Crippen molar-refractivity contribution in [1.29, 1.82) is 0 Å². The third-order valence-electron chi connectivity index (χ3n) is 6.26. The molecule has 0 unspecified atom stereocenters. The Morgan fingerprint density at radius 1 is 1.03 bits per heavy atom. The second kappa shape index (κ2) is 8.88. The Labute approximate surface area is 204 Å². The number of halogens is 2. The number of aromatic nitrogens is 1. The minimum absolute atomic E-state index is 0.0141. The van der Waals surface area contributed by atoms with Gasteiger partial charge in [0.25, 0.3) is 0 Å². The molecule has 9 nitrogen and oxygen atoms in total. The van der Waals surface area contributed by atoms with Crippen molar-refractivity contribution >= 4 is 52.8 Å². The van der Waals surface area contributed by atoms with Crippen LogP contribution in [0.5, 0.6) is 0 Å². The van der Waals surface area contributed by atoms with Gasteiger partial charge in [0.1, 0.15) is 5.92 Å². The number of carboxylic acids is 1. The molecule has 34 heavy (non-hydrogen) atoms. The molecule has 2 aliphatic rings. The zero-order valence-corrected chi connectivity index (χ0v) is 19.9. The molecule has 1 fully saturated rings. The average Bonchev–Trinajstić information content (AvgIpc) is 3.12. The Morgan fingerprint density at radius 2 is 1.68 bits per heavy atom. The number of amides is 4. The van der Waals surface area contributed by atoms with Gasteiger partial charge in [-0.05, 0) is 25.0 Å². The van der Waals surface area contributed by atoms with Crippen LogP contribution in [0.2, 0.25) is 10.0 Å². The number of carbonyl (C=O) groups excluding carboxylic acids is 4. The van der Waals surface area contributed by atoms with E-state index in [9.17, 15) is 29.1 Å². The summed E-state index contributed by atoms with van der Waals surface area (Å²) in [7, 11) is 2.55. The van der Waals surface area contributed by atoms with Gasteiger partial charge in [-0.25, -0.2) is 4.79 Å². The van der Waals surface area contributed by atoms with Gasteiger partial charge in [-0.3, -0.25) is 29.0 Å². The number of fused-ring (bicyclic) bond motifs is 1. The Bertz CT molecular complexity index is 1240. The zero-order chi connectivity index (χ0) is 24.9. The number of hydrogen-bond donors (Lipinski definition) is 1. The number of nitrogens with zero attached hydrogens (tertiary/aromatic N) is 3. The Kier molecular flexibility index (Phi) is 6.26. The number of urea groups is 1. The molecule has 1 aromatic carbocycles. The highest BCUT2D eigenvalue weighted by molar-refractivity contribution is 6.42. The summed E-state index contributed by atoms with van der Waals surface area (Å²) in [5.41, 5.74) is 1.80. The molecule has 11 heteroatoms. The number of rotatable bonds is 5. The lowest BCUT2D eigenvalue weighted by atomic mass is 9.84. The van der Waals surface area contributed by atoms with Crippen molar-refractivity contribution in [2.24, 2.45) is 0 Å². The van der Waals surface area contributed by atoms with Gasteiger partial charge in [-0.1, -0.05) is 29.3 Å². The van der Waals surface area contributed by atoms with Crippen LogP contribution < -0.4 is 0 Å². The fourth-order valence-corrected chi connectivity index (χ4v) is 4.94. The highest BCUT2D eigenvalue weighted by Gasteiger charge is 2.48. The van der Waals surface area contributed by atoms with Gasteiger partial charge in [0.05, 0.1) is 22.2 Å². The Morgan fingerprint density at radius 3 is 2.26 bits per heavy atom. The molecule has 0 bridgehead atoms. The third-order valence-corrected chi connectivity index (χ3v) is 7.00. The van der Waals surface area contributed by atoms with Crippen LogP contribution in [-0.4, -0.2) is 63.2 Å². The standard InChI is InChI=1S/C23H21Cl2N3O6/c1-26-21(32)19(22(33)27(2)23(26)34)18-17-14(4-3-5-15(17)29)28(9-8-16(30)31)20(18)11-6-7-12(24)13(25)10-11/h6-7,10,19H,3-5,8-9H2,1-2H3,(H,30,31). The van der Waals surface area contributed by atoms with Gasteiger partial charge >= 0.3 is 12.0 Å². The number of Topliss-reactive ketones (excluding diaryl/α,β-unsaturated/α-hetero) is 1. The SMILES string of the molecule is CN1C(=O)C(c2c3c(n(CCC(=O)O)c2-c2ccc(Cl)c(Cl)c2)CCCC3=O)C(=O)N(C)C1=O. The molecular formula is C23H21Cl2N3O6. The van der Waals surface area contributed by atoms with Crippen LogP contribution in [0.1, 0.15) is 46.8 Å². The van der Waals surface area contributed by atoms with E-state index in [4.69, 9.17) is 23.2 Å². The van der Waals surface area contributed by atoms with E-state index in [0.29, 0.717) is 29.8 Å². The fraction of sp³-hybridized carbons (Fsp3) is 0.348. The molecule has 1 aliphatic heterocycles. The number of benzene rings is 1. The van der Waals surface area contributed by atoms with Crippen LogP contribution in [-0.2, 0) is 27.3 Å². The molecule has 1 aliphatic carbocycles. The Hall–Kier alpha value is -3.17. The van der Waals surface area contributed by atoms with E-state index in [-0.39, 0.29) is 46.3 Å². The van der Waals surface area contributed by atoms with Crippen molar-refractivity contribution in [3.63, 3.8) is 0 Å². The van der Waals surface area contributed by atoms with Crippen LogP contribution in [0.15, 0.2) is 18.2 Å². The molecule has 1 aromatic heterocycles. The van der Waals surface area contributed by atoms with Crippen LogP contribution in [0, 0.1) is 0 Å². The highest BCUT2D eigenvalue weighted by atomic mass is 35.5. The number of ketones is 1. The van der Waals surface area contributed by atoms with E-state index in [1.807, 2.05) is 0 Å². The van der Waals surface area contributed by atoms with E-state index < -0.39 is 29.7 Å². The first kappa shape index (κ1) is 24.0. The van der Waals surface area contributed by atoms with Crippen molar-refractivity contribution in [3.05, 3.63) is 45.1 Å². The largest absolute Gasteiger partial charge is 0.481 e. The predicted molar refractivity (Wildman–Crippen MR) is 123 cm³/mol. The quantitative estimate of drug-likeness (QED) is 0.620. The van der Waals surface area contributed by atoms with E-state index >= 15 is 0 Å². The molecule has 0 saturated carbocycles. The molecule has 4 amide bonds. The van der Waals surface area contributed by atoms with Crippen LogP contribution in [0.25, 0.3) is 11.3 Å². The van der Waals surface area contributed by atoms with E-state index in [0.717, 1.165) is 9.80 Å². The summed E-state index contributed by atoms with van der Waals surface area (Å²) in [6, 6.07) is 3.96. The second-order valence-corrected chi connectivity index (χ2v) is 9.11. The van der Waals surface area contributed by atoms with Crippen molar-refractivity contribution in [2.75, 3.05) is 14.1 Å². The highest BCUT2D eigenvalue weighted by Crippen LogP contribution is 2.43. The number of aliphatic carboxylic acids is 1. The molecule has 0 atom stereocenters. The first-order valence-electron chi connectivity index (χ1n) is 10.6. The monoisotopic (exact) mass is 505 g/mol. The molecule has 1 saturated heterocycles. The van der Waals surface area contributed by atoms with Gasteiger partial charge in [-0.2, -0.15) is 0 Å². The second-order valence-electron chi connectivity index (χ2n) is 8.30. The summed E-state index contributed by atoms with van der Waals surface area (Å²) in [6.45, 7) is 0.0141. The average molecular weight is 506 g/mol. The van der Waals surface area contributed by atoms with Gasteiger partial charge in [-0.15, -0.1) is 0 Å². The van der Waals surface area contributed by atoms with Crippen LogP contribution in [0.4, 0.5) is 4.79 Å². The minimum atomic E-state index is -1.45. The Balaban J connectivity index is 2.07. The number of carboxylic acid groups (broad SMARTS) is 1. The topological polar surface area (TPSA) is 117 Å². The number of likely N-dealkylation sites (N-methyl/N-ethyl adjacent to an activating group) is 2. The molecular weight excluding hydrogens is 485 g/mol. The number of barbiturate groups is 1. The minimum Gasteiger partial charge on any atom is -0.481 e. The van der Waals surface area contributed by atoms with Gasteiger partial charge in [0.2, 0.25) is 11.8 Å². The summed E-state index contributed by atoms with van der Waals surface area (Å²) in [5, 5.41) is 9.83. The van der Waals surface area contributed by atoms with Crippen molar-refractivity contribution in [3.8, 4) is 11.3 Å². The van der Waals surface area contributed by atoms with Crippen molar-refractivity contribution in [1.82, 2.24) is 14.4 Å². The normalized spacial score (nSPS) is 16.9. The third kappa shape index (κ3) is 3.78. The summed E-state index contributed by atoms with van der Waals surface area (Å²) in [6.07, 6.45) is 1.00. The van der Waals surface area contributed by atoms with Crippen LogP contribution in [0.3, 0.4) is 0 Å². The summed E-state index contributed by atoms with van der Waals surface area (Å²) in [5.74, 6) is -4.24. The molecule has 2 aromatic rings. The maximum Gasteiger partial charge on any atom is 0.332 e. The van der Waals surface area contributed by atoms with Crippen molar-refractivity contribution < 1.29 is 29.1 Å². The molecule has 0 spiro atoms. The van der Waals surface area contributed by atoms with Crippen LogP contribution >= 0.6 is 23.2 Å². The molecule has 2 heterocycles. The maximum absolute atomic E-state index is 13.3. The van der Waals surface area contributed by atoms with Gasteiger partial charge in [0.15, 0.2) is 5.78 Å². The lowest BCUT2D eigenvalue weighted by Crippen LogP contribution is -2.56. The van der Waals surface area contributed by atoms with Gasteiger partial charge < -0.3 is 9.67 Å². The molecule has 0 radical (unpaired) electrons. The predicted octanol–water partition coefficient (Wildman–Crippen LogP) is 3.59. The fourth-order valence-electron chi connectivity index (χ4n) is 4.65. The van der Waals surface area contributed by atoms with E-state index in [1.54, 1.807) is 22.8 Å². The number of hydrogen-bond acceptors (Lipinski definition) is 5. The lowest BCUT2D eigenvalue weighted by Gasteiger charge is -2.33. The molecule has 1 N–H and O–H groups in total. The zero-order valence-electron chi connectivity index (χ0n) is 18.4. The number of imide groups is 2. The van der Waals surface area contributed by atoms with E-state index in [1.165, 1.54) is 14.1 Å². The van der Waals surface area contributed by atoms with E-state index in [2.05, 4.69) is 0 Å².